The maximum Gasteiger partial charge on any atom is 0.211 e. The molecule has 1 heterocycles. The van der Waals surface area contributed by atoms with Crippen molar-refractivity contribution in [2.75, 3.05) is 12.3 Å². The molecule has 3 nitrogen and oxygen atoms in total. The normalized spacial score (nSPS) is 30.6. The van der Waals surface area contributed by atoms with Gasteiger partial charge in [-0.2, -0.15) is 0 Å². The highest BCUT2D eigenvalue weighted by Crippen LogP contribution is 2.18. The molecular formula is C7H15NO2S. The van der Waals surface area contributed by atoms with Crippen molar-refractivity contribution in [3.63, 3.8) is 0 Å². The van der Waals surface area contributed by atoms with Crippen LogP contribution in [0.4, 0.5) is 0 Å². The van der Waals surface area contributed by atoms with E-state index in [0.29, 0.717) is 24.1 Å². The van der Waals surface area contributed by atoms with E-state index in [2.05, 4.69) is 18.6 Å². The summed E-state index contributed by atoms with van der Waals surface area (Å²) in [5.41, 5.74) is 0. The lowest BCUT2D eigenvalue weighted by molar-refractivity contribution is 0.357. The predicted octanol–water partition coefficient (Wildman–Crippen LogP) is 0.582. The van der Waals surface area contributed by atoms with Crippen LogP contribution in [0.15, 0.2) is 0 Å². The van der Waals surface area contributed by atoms with E-state index in [4.69, 9.17) is 0 Å². The fraction of sp³-hybridized carbons (Fsp3) is 1.00. The zero-order chi connectivity index (χ0) is 8.48. The van der Waals surface area contributed by atoms with Crippen LogP contribution < -0.4 is 4.72 Å². The maximum absolute atomic E-state index is 10.9. The Bertz CT molecular complexity index is 207. The quantitative estimate of drug-likeness (QED) is 0.637. The van der Waals surface area contributed by atoms with Gasteiger partial charge in [0.15, 0.2) is 0 Å². The molecule has 0 aromatic rings. The standard InChI is InChI=1S/C7H15NO2S/c1-6(2)7-3-4-11(9,10)8-5-7/h6-8H,3-5H2,1-2H3/t7-/m1/s1. The van der Waals surface area contributed by atoms with Crippen molar-refractivity contribution in [2.24, 2.45) is 11.8 Å². The van der Waals surface area contributed by atoms with Crippen molar-refractivity contribution < 1.29 is 8.42 Å². The Hall–Kier alpha value is -0.0900. The molecular weight excluding hydrogens is 162 g/mol. The molecule has 0 aromatic carbocycles. The molecule has 0 radical (unpaired) electrons. The molecule has 0 aromatic heterocycles. The van der Waals surface area contributed by atoms with Crippen molar-refractivity contribution in [2.45, 2.75) is 20.3 Å². The van der Waals surface area contributed by atoms with Gasteiger partial charge < -0.3 is 0 Å². The number of rotatable bonds is 1. The third-order valence-corrected chi connectivity index (χ3v) is 3.65. The second kappa shape index (κ2) is 3.11. The van der Waals surface area contributed by atoms with Crippen LogP contribution in [0.2, 0.25) is 0 Å². The Labute approximate surface area is 68.2 Å². The molecule has 66 valence electrons. The minimum absolute atomic E-state index is 0.301. The molecule has 0 spiro atoms. The van der Waals surface area contributed by atoms with Crippen LogP contribution in [-0.2, 0) is 10.0 Å². The van der Waals surface area contributed by atoms with Gasteiger partial charge in [0.1, 0.15) is 0 Å². The predicted molar refractivity (Wildman–Crippen MR) is 44.7 cm³/mol. The number of hydrogen-bond donors (Lipinski definition) is 1. The Morgan fingerprint density at radius 3 is 2.45 bits per heavy atom. The van der Waals surface area contributed by atoms with E-state index in [1.54, 1.807) is 0 Å². The summed E-state index contributed by atoms with van der Waals surface area (Å²) in [5, 5.41) is 0. The zero-order valence-corrected chi connectivity index (χ0v) is 7.82. The van der Waals surface area contributed by atoms with E-state index in [-0.39, 0.29) is 0 Å². The van der Waals surface area contributed by atoms with E-state index < -0.39 is 10.0 Å². The van der Waals surface area contributed by atoms with Crippen LogP contribution in [0.1, 0.15) is 20.3 Å². The van der Waals surface area contributed by atoms with Crippen LogP contribution in [0.5, 0.6) is 0 Å². The van der Waals surface area contributed by atoms with Gasteiger partial charge in [0.05, 0.1) is 5.75 Å². The molecule has 0 amide bonds. The minimum atomic E-state index is -2.90. The van der Waals surface area contributed by atoms with Gasteiger partial charge in [-0.25, -0.2) is 13.1 Å². The van der Waals surface area contributed by atoms with Gasteiger partial charge in [-0.15, -0.1) is 0 Å². The van der Waals surface area contributed by atoms with Crippen LogP contribution in [0.3, 0.4) is 0 Å². The zero-order valence-electron chi connectivity index (χ0n) is 7.00. The molecule has 1 rings (SSSR count). The van der Waals surface area contributed by atoms with E-state index >= 15 is 0 Å². The van der Waals surface area contributed by atoms with Crippen molar-refractivity contribution >= 4 is 10.0 Å². The third kappa shape index (κ3) is 2.45. The molecule has 0 aliphatic carbocycles. The summed E-state index contributed by atoms with van der Waals surface area (Å²) in [7, 11) is -2.90. The van der Waals surface area contributed by atoms with E-state index in [0.717, 1.165) is 6.42 Å². The largest absolute Gasteiger partial charge is 0.215 e. The minimum Gasteiger partial charge on any atom is -0.215 e. The lowest BCUT2D eigenvalue weighted by atomic mass is 9.93. The first-order chi connectivity index (χ1) is 5.01. The molecule has 1 atom stereocenters. The molecule has 1 fully saturated rings. The number of sulfonamides is 1. The van der Waals surface area contributed by atoms with E-state index in [1.165, 1.54) is 0 Å². The summed E-state index contributed by atoms with van der Waals surface area (Å²) in [6.45, 7) is 4.88. The Morgan fingerprint density at radius 2 is 2.09 bits per heavy atom. The van der Waals surface area contributed by atoms with Crippen molar-refractivity contribution in [1.82, 2.24) is 4.72 Å². The summed E-state index contributed by atoms with van der Waals surface area (Å²) in [5.74, 6) is 1.41. The first-order valence-electron chi connectivity index (χ1n) is 3.98. The fourth-order valence-corrected chi connectivity index (χ4v) is 2.51. The first-order valence-corrected chi connectivity index (χ1v) is 5.64. The molecule has 1 saturated heterocycles. The topological polar surface area (TPSA) is 46.2 Å². The van der Waals surface area contributed by atoms with Crippen LogP contribution in [0, 0.1) is 11.8 Å². The molecule has 1 aliphatic rings. The van der Waals surface area contributed by atoms with Gasteiger partial charge in [0.25, 0.3) is 0 Å². The maximum atomic E-state index is 10.9. The molecule has 1 aliphatic heterocycles. The fourth-order valence-electron chi connectivity index (χ4n) is 1.28. The molecule has 0 saturated carbocycles. The summed E-state index contributed by atoms with van der Waals surface area (Å²) >= 11 is 0. The van der Waals surface area contributed by atoms with Gasteiger partial charge in [0, 0.05) is 6.54 Å². The number of hydrogen-bond acceptors (Lipinski definition) is 2. The van der Waals surface area contributed by atoms with Crippen molar-refractivity contribution in [3.8, 4) is 0 Å². The van der Waals surface area contributed by atoms with Crippen molar-refractivity contribution in [3.05, 3.63) is 0 Å². The molecule has 0 bridgehead atoms. The second-order valence-electron chi connectivity index (χ2n) is 3.46. The van der Waals surface area contributed by atoms with E-state index in [1.807, 2.05) is 0 Å². The third-order valence-electron chi connectivity index (χ3n) is 2.27. The van der Waals surface area contributed by atoms with Gasteiger partial charge in [-0.3, -0.25) is 0 Å². The molecule has 0 unspecified atom stereocenters. The molecule has 1 N–H and O–H groups in total. The Morgan fingerprint density at radius 1 is 1.45 bits per heavy atom. The summed E-state index contributed by atoms with van der Waals surface area (Å²) in [6.07, 6.45) is 0.812. The van der Waals surface area contributed by atoms with Crippen molar-refractivity contribution in [1.29, 1.82) is 0 Å². The van der Waals surface area contributed by atoms with Gasteiger partial charge in [-0.05, 0) is 18.3 Å². The van der Waals surface area contributed by atoms with E-state index in [9.17, 15) is 8.42 Å². The highest BCUT2D eigenvalue weighted by atomic mass is 32.2. The van der Waals surface area contributed by atoms with Gasteiger partial charge in [-0.1, -0.05) is 13.8 Å². The molecule has 11 heavy (non-hydrogen) atoms. The highest BCUT2D eigenvalue weighted by molar-refractivity contribution is 7.89. The number of nitrogens with one attached hydrogen (secondary N) is 1. The average Bonchev–Trinajstić information content (AvgIpc) is 1.86. The van der Waals surface area contributed by atoms with Gasteiger partial charge >= 0.3 is 0 Å². The summed E-state index contributed by atoms with van der Waals surface area (Å²) < 4.78 is 24.4. The summed E-state index contributed by atoms with van der Waals surface area (Å²) in [4.78, 5) is 0. The average molecular weight is 177 g/mol. The Kier molecular flexibility index (Phi) is 2.54. The smallest absolute Gasteiger partial charge is 0.211 e. The lowest BCUT2D eigenvalue weighted by Gasteiger charge is -2.25. The first kappa shape index (κ1) is 9.00. The van der Waals surface area contributed by atoms with Gasteiger partial charge in [0.2, 0.25) is 10.0 Å². The highest BCUT2D eigenvalue weighted by Gasteiger charge is 2.24. The lowest BCUT2D eigenvalue weighted by Crippen LogP contribution is -2.39. The summed E-state index contributed by atoms with van der Waals surface area (Å²) in [6, 6.07) is 0. The second-order valence-corrected chi connectivity index (χ2v) is 5.39. The SMILES string of the molecule is CC(C)[C@@H]1CCS(=O)(=O)NC1. The Balaban J connectivity index is 2.49. The van der Waals surface area contributed by atoms with Crippen LogP contribution >= 0.6 is 0 Å². The molecule has 4 heteroatoms. The van der Waals surface area contributed by atoms with Crippen LogP contribution in [0.25, 0.3) is 0 Å². The van der Waals surface area contributed by atoms with Crippen LogP contribution in [-0.4, -0.2) is 20.7 Å². The monoisotopic (exact) mass is 177 g/mol.